The molecule has 16 heavy (non-hydrogen) atoms. The van der Waals surface area contributed by atoms with Crippen molar-refractivity contribution in [3.8, 4) is 0 Å². The molecule has 3 heterocycles. The van der Waals surface area contributed by atoms with Crippen molar-refractivity contribution in [2.24, 2.45) is 0 Å². The molecule has 1 aliphatic heterocycles. The molecule has 1 N–H and O–H groups in total. The number of nitrogens with zero attached hydrogens (tertiary/aromatic N) is 3. The van der Waals surface area contributed by atoms with E-state index in [-0.39, 0.29) is 0 Å². The molecule has 5 heteroatoms. The lowest BCUT2D eigenvalue weighted by Gasteiger charge is -2.27. The zero-order valence-electron chi connectivity index (χ0n) is 9.18. The normalized spacial score (nSPS) is 16.3. The summed E-state index contributed by atoms with van der Waals surface area (Å²) in [6, 6.07) is 1.96. The van der Waals surface area contributed by atoms with Crippen LogP contribution in [0.3, 0.4) is 0 Å². The molecule has 84 valence electrons. The molecule has 0 bridgehead atoms. The van der Waals surface area contributed by atoms with Gasteiger partial charge in [-0.3, -0.25) is 0 Å². The third-order valence-corrected chi connectivity index (χ3v) is 2.95. The van der Waals surface area contributed by atoms with E-state index in [4.69, 9.17) is 4.52 Å². The molecule has 0 unspecified atom stereocenters. The summed E-state index contributed by atoms with van der Waals surface area (Å²) in [7, 11) is 0. The van der Waals surface area contributed by atoms with Gasteiger partial charge in [-0.25, -0.2) is 4.98 Å². The van der Waals surface area contributed by atoms with Gasteiger partial charge >= 0.3 is 0 Å². The molecule has 0 saturated carbocycles. The summed E-state index contributed by atoms with van der Waals surface area (Å²) in [5.41, 5.74) is 2.23. The van der Waals surface area contributed by atoms with Crippen LogP contribution < -0.4 is 5.32 Å². The van der Waals surface area contributed by atoms with E-state index in [1.165, 1.54) is 5.69 Å². The fraction of sp³-hybridized carbons (Fsp3) is 0.455. The zero-order valence-corrected chi connectivity index (χ0v) is 9.18. The summed E-state index contributed by atoms with van der Waals surface area (Å²) < 4.78 is 7.20. The Balaban J connectivity index is 1.81. The third kappa shape index (κ3) is 1.63. The number of nitrogens with one attached hydrogen (secondary N) is 1. The molecule has 0 amide bonds. The van der Waals surface area contributed by atoms with Gasteiger partial charge in [0.2, 0.25) is 0 Å². The lowest BCUT2D eigenvalue weighted by Crippen LogP contribution is -2.40. The van der Waals surface area contributed by atoms with Crippen LogP contribution >= 0.6 is 0 Å². The second-order valence-electron chi connectivity index (χ2n) is 4.23. The summed E-state index contributed by atoms with van der Waals surface area (Å²) >= 11 is 0. The number of aromatic nitrogens is 3. The smallest absolute Gasteiger partial charge is 0.133 e. The van der Waals surface area contributed by atoms with Gasteiger partial charge in [-0.15, -0.1) is 0 Å². The SMILES string of the molecule is Cc1cc(Cn2cncc2C2CNC2)no1. The Hall–Kier alpha value is -1.62. The minimum atomic E-state index is 0.593. The van der Waals surface area contributed by atoms with Gasteiger partial charge in [0.05, 0.1) is 12.9 Å². The van der Waals surface area contributed by atoms with Crippen LogP contribution in [-0.2, 0) is 6.54 Å². The molecule has 0 spiro atoms. The molecule has 0 aliphatic carbocycles. The summed E-state index contributed by atoms with van der Waals surface area (Å²) in [4.78, 5) is 4.20. The first-order valence-electron chi connectivity index (χ1n) is 5.46. The maximum absolute atomic E-state index is 5.06. The fourth-order valence-electron chi connectivity index (χ4n) is 1.97. The molecule has 0 aromatic carbocycles. The third-order valence-electron chi connectivity index (χ3n) is 2.95. The zero-order chi connectivity index (χ0) is 11.0. The highest BCUT2D eigenvalue weighted by molar-refractivity contribution is 5.14. The number of hydrogen-bond donors (Lipinski definition) is 1. The van der Waals surface area contributed by atoms with E-state index in [0.29, 0.717) is 5.92 Å². The van der Waals surface area contributed by atoms with Crippen molar-refractivity contribution in [3.63, 3.8) is 0 Å². The number of rotatable bonds is 3. The molecule has 1 fully saturated rings. The van der Waals surface area contributed by atoms with Crippen molar-refractivity contribution < 1.29 is 4.52 Å². The first-order valence-corrected chi connectivity index (χ1v) is 5.46. The lowest BCUT2D eigenvalue weighted by molar-refractivity contribution is 0.386. The van der Waals surface area contributed by atoms with Crippen LogP contribution in [0.1, 0.15) is 23.1 Å². The van der Waals surface area contributed by atoms with Crippen LogP contribution in [0.25, 0.3) is 0 Å². The Bertz CT molecular complexity index is 484. The second kappa shape index (κ2) is 3.75. The number of aryl methyl sites for hydroxylation is 1. The van der Waals surface area contributed by atoms with E-state index in [1.807, 2.05) is 25.5 Å². The predicted molar refractivity (Wildman–Crippen MR) is 58.2 cm³/mol. The Labute approximate surface area is 93.5 Å². The van der Waals surface area contributed by atoms with Gasteiger partial charge in [0.1, 0.15) is 11.5 Å². The highest BCUT2D eigenvalue weighted by atomic mass is 16.5. The summed E-state index contributed by atoms with van der Waals surface area (Å²) in [6.45, 7) is 4.73. The number of imidazole rings is 1. The van der Waals surface area contributed by atoms with Crippen molar-refractivity contribution in [1.29, 1.82) is 0 Å². The maximum Gasteiger partial charge on any atom is 0.133 e. The quantitative estimate of drug-likeness (QED) is 0.832. The molecule has 0 radical (unpaired) electrons. The summed E-state index contributed by atoms with van der Waals surface area (Å²) in [5.74, 6) is 1.44. The lowest BCUT2D eigenvalue weighted by atomic mass is 10.00. The first-order chi connectivity index (χ1) is 7.83. The minimum Gasteiger partial charge on any atom is -0.361 e. The van der Waals surface area contributed by atoms with Crippen molar-refractivity contribution >= 4 is 0 Å². The van der Waals surface area contributed by atoms with Crippen LogP contribution in [-0.4, -0.2) is 27.8 Å². The fourth-order valence-corrected chi connectivity index (χ4v) is 1.97. The van der Waals surface area contributed by atoms with Gasteiger partial charge in [-0.1, -0.05) is 5.16 Å². The van der Waals surface area contributed by atoms with E-state index >= 15 is 0 Å². The average molecular weight is 218 g/mol. The molecule has 0 atom stereocenters. The van der Waals surface area contributed by atoms with E-state index in [9.17, 15) is 0 Å². The summed E-state index contributed by atoms with van der Waals surface area (Å²) in [6.07, 6.45) is 3.80. The van der Waals surface area contributed by atoms with Crippen LogP contribution in [0.2, 0.25) is 0 Å². The Kier molecular flexibility index (Phi) is 2.25. The van der Waals surface area contributed by atoms with E-state index < -0.39 is 0 Å². The van der Waals surface area contributed by atoms with Gasteiger partial charge in [-0.2, -0.15) is 0 Å². The van der Waals surface area contributed by atoms with E-state index in [2.05, 4.69) is 20.0 Å². The highest BCUT2D eigenvalue weighted by Gasteiger charge is 2.22. The topological polar surface area (TPSA) is 55.9 Å². The van der Waals surface area contributed by atoms with Gasteiger partial charge in [0.25, 0.3) is 0 Å². The largest absolute Gasteiger partial charge is 0.361 e. The van der Waals surface area contributed by atoms with Crippen LogP contribution in [0.5, 0.6) is 0 Å². The summed E-state index contributed by atoms with van der Waals surface area (Å²) in [5, 5.41) is 7.27. The highest BCUT2D eigenvalue weighted by Crippen LogP contribution is 2.20. The number of hydrogen-bond acceptors (Lipinski definition) is 4. The van der Waals surface area contributed by atoms with Crippen LogP contribution in [0, 0.1) is 6.92 Å². The van der Waals surface area contributed by atoms with Crippen LogP contribution in [0.4, 0.5) is 0 Å². The maximum atomic E-state index is 5.06. The Morgan fingerprint density at radius 2 is 2.44 bits per heavy atom. The van der Waals surface area contributed by atoms with E-state index in [1.54, 1.807) is 0 Å². The molecular formula is C11H14N4O. The first kappa shape index (κ1) is 9.59. The molecule has 2 aromatic heterocycles. The molecule has 1 saturated heterocycles. The van der Waals surface area contributed by atoms with Crippen LogP contribution in [0.15, 0.2) is 23.1 Å². The molecule has 5 nitrogen and oxygen atoms in total. The van der Waals surface area contributed by atoms with Gasteiger partial charge in [0.15, 0.2) is 0 Å². The van der Waals surface area contributed by atoms with Crippen molar-refractivity contribution in [1.82, 2.24) is 20.0 Å². The van der Waals surface area contributed by atoms with Crippen molar-refractivity contribution in [2.75, 3.05) is 13.1 Å². The predicted octanol–water partition coefficient (Wildman–Crippen LogP) is 0.915. The van der Waals surface area contributed by atoms with Crippen molar-refractivity contribution in [2.45, 2.75) is 19.4 Å². The molecular weight excluding hydrogens is 204 g/mol. The standard InChI is InChI=1S/C11H14N4O/c1-8-2-10(14-16-8)6-15-7-13-5-11(15)9-3-12-4-9/h2,5,7,9,12H,3-4,6H2,1H3. The van der Waals surface area contributed by atoms with Gasteiger partial charge in [-0.05, 0) is 6.92 Å². The molecule has 2 aromatic rings. The Morgan fingerprint density at radius 1 is 1.56 bits per heavy atom. The Morgan fingerprint density at radius 3 is 3.06 bits per heavy atom. The van der Waals surface area contributed by atoms with Crippen molar-refractivity contribution in [3.05, 3.63) is 35.7 Å². The van der Waals surface area contributed by atoms with E-state index in [0.717, 1.165) is 31.1 Å². The molecule has 1 aliphatic rings. The van der Waals surface area contributed by atoms with Gasteiger partial charge in [0, 0.05) is 37.0 Å². The molecule has 3 rings (SSSR count). The minimum absolute atomic E-state index is 0.593. The average Bonchev–Trinajstić information content (AvgIpc) is 2.75. The van der Waals surface area contributed by atoms with Gasteiger partial charge < -0.3 is 14.4 Å². The monoisotopic (exact) mass is 218 g/mol. The second-order valence-corrected chi connectivity index (χ2v) is 4.23.